The van der Waals surface area contributed by atoms with E-state index in [1.807, 2.05) is 6.08 Å². The summed E-state index contributed by atoms with van der Waals surface area (Å²) >= 11 is 0. The van der Waals surface area contributed by atoms with E-state index in [1.54, 1.807) is 6.08 Å². The Morgan fingerprint density at radius 1 is 1.64 bits per heavy atom. The highest BCUT2D eigenvalue weighted by atomic mass is 16.5. The fourth-order valence-corrected chi connectivity index (χ4v) is 2.73. The molecule has 2 heteroatoms. The second-order valence-corrected chi connectivity index (χ2v) is 4.45. The Hall–Kier alpha value is -0.630. The molecule has 0 amide bonds. The van der Waals surface area contributed by atoms with E-state index in [9.17, 15) is 4.79 Å². The predicted octanol–water partition coefficient (Wildman–Crippen LogP) is 2.48. The van der Waals surface area contributed by atoms with E-state index in [0.717, 1.165) is 25.7 Å². The van der Waals surface area contributed by atoms with Crippen molar-refractivity contribution in [2.24, 2.45) is 5.92 Å². The number of rotatable bonds is 1. The van der Waals surface area contributed by atoms with Gasteiger partial charge >= 0.3 is 0 Å². The van der Waals surface area contributed by atoms with Gasteiger partial charge in [-0.1, -0.05) is 13.0 Å². The average Bonchev–Trinajstić information content (AvgIpc) is 2.44. The van der Waals surface area contributed by atoms with Crippen molar-refractivity contribution in [3.63, 3.8) is 0 Å². The SMILES string of the molecule is CCC1C=CC(=O)[C@@]12CCC[C@H](C)O2. The predicted molar refractivity (Wildman–Crippen MR) is 55.1 cm³/mol. The Kier molecular flexibility index (Phi) is 2.48. The normalized spacial score (nSPS) is 42.3. The van der Waals surface area contributed by atoms with Crippen LogP contribution in [0.3, 0.4) is 0 Å². The quantitative estimate of drug-likeness (QED) is 0.641. The number of hydrogen-bond acceptors (Lipinski definition) is 2. The third-order valence-electron chi connectivity index (χ3n) is 3.51. The van der Waals surface area contributed by atoms with Gasteiger partial charge in [-0.25, -0.2) is 0 Å². The van der Waals surface area contributed by atoms with Crippen LogP contribution in [0.2, 0.25) is 0 Å². The van der Waals surface area contributed by atoms with Crippen LogP contribution in [0.1, 0.15) is 39.5 Å². The zero-order valence-corrected chi connectivity index (χ0v) is 8.95. The van der Waals surface area contributed by atoms with Gasteiger partial charge in [-0.3, -0.25) is 4.79 Å². The van der Waals surface area contributed by atoms with E-state index in [-0.39, 0.29) is 11.9 Å². The van der Waals surface area contributed by atoms with Crippen LogP contribution in [0.15, 0.2) is 12.2 Å². The molecule has 2 aliphatic rings. The standard InChI is InChI=1S/C12H18O2/c1-3-10-6-7-11(13)12(10)8-4-5-9(2)14-12/h6-7,9-10H,3-5,8H2,1-2H3/t9-,10?,12+/m0/s1. The van der Waals surface area contributed by atoms with Gasteiger partial charge in [-0.15, -0.1) is 0 Å². The molecule has 14 heavy (non-hydrogen) atoms. The molecule has 1 fully saturated rings. The zero-order valence-electron chi connectivity index (χ0n) is 8.95. The summed E-state index contributed by atoms with van der Waals surface area (Å²) in [5.74, 6) is 0.494. The molecule has 0 aromatic rings. The molecule has 0 radical (unpaired) electrons. The highest BCUT2D eigenvalue weighted by molar-refractivity contribution is 6.00. The van der Waals surface area contributed by atoms with Crippen molar-refractivity contribution in [3.8, 4) is 0 Å². The molecule has 0 bridgehead atoms. The number of hydrogen-bond donors (Lipinski definition) is 0. The maximum absolute atomic E-state index is 11.9. The minimum atomic E-state index is -0.480. The summed E-state index contributed by atoms with van der Waals surface area (Å²) in [6, 6.07) is 0. The van der Waals surface area contributed by atoms with Crippen LogP contribution in [0, 0.1) is 5.92 Å². The van der Waals surface area contributed by atoms with Crippen LogP contribution >= 0.6 is 0 Å². The molecule has 1 saturated heterocycles. The Bertz CT molecular complexity index is 269. The fourth-order valence-electron chi connectivity index (χ4n) is 2.73. The molecule has 1 aliphatic carbocycles. The van der Waals surface area contributed by atoms with Crippen molar-refractivity contribution in [2.45, 2.75) is 51.2 Å². The molecular formula is C12H18O2. The molecule has 0 aromatic heterocycles. The first-order valence-electron chi connectivity index (χ1n) is 5.59. The molecule has 1 spiro atoms. The second kappa shape index (κ2) is 3.50. The van der Waals surface area contributed by atoms with Gasteiger partial charge in [0.05, 0.1) is 6.10 Å². The molecule has 3 atom stereocenters. The first-order valence-corrected chi connectivity index (χ1v) is 5.59. The monoisotopic (exact) mass is 194 g/mol. The van der Waals surface area contributed by atoms with E-state index >= 15 is 0 Å². The first kappa shape index (κ1) is 9.91. The van der Waals surface area contributed by atoms with Gasteiger partial charge in [0.25, 0.3) is 0 Å². The molecule has 0 N–H and O–H groups in total. The van der Waals surface area contributed by atoms with Gasteiger partial charge in [-0.05, 0) is 38.7 Å². The molecule has 2 rings (SSSR count). The van der Waals surface area contributed by atoms with E-state index < -0.39 is 5.60 Å². The molecule has 0 saturated carbocycles. The average molecular weight is 194 g/mol. The Morgan fingerprint density at radius 3 is 3.07 bits per heavy atom. The lowest BCUT2D eigenvalue weighted by Gasteiger charge is -2.40. The van der Waals surface area contributed by atoms with Crippen LogP contribution < -0.4 is 0 Å². The number of carbonyl (C=O) groups is 1. The van der Waals surface area contributed by atoms with Gasteiger partial charge in [0.15, 0.2) is 5.78 Å². The van der Waals surface area contributed by atoms with Crippen molar-refractivity contribution in [1.82, 2.24) is 0 Å². The maximum atomic E-state index is 11.9. The van der Waals surface area contributed by atoms with Gasteiger partial charge in [0, 0.05) is 5.92 Å². The van der Waals surface area contributed by atoms with Crippen LogP contribution in [-0.2, 0) is 9.53 Å². The fraction of sp³-hybridized carbons (Fsp3) is 0.750. The third-order valence-corrected chi connectivity index (χ3v) is 3.51. The summed E-state index contributed by atoms with van der Waals surface area (Å²) in [6.45, 7) is 4.19. The van der Waals surface area contributed by atoms with Crippen molar-refractivity contribution < 1.29 is 9.53 Å². The summed E-state index contributed by atoms with van der Waals surface area (Å²) < 4.78 is 5.94. The summed E-state index contributed by atoms with van der Waals surface area (Å²) in [6.07, 6.45) is 8.08. The summed E-state index contributed by atoms with van der Waals surface area (Å²) in [4.78, 5) is 11.9. The van der Waals surface area contributed by atoms with Crippen LogP contribution in [0.4, 0.5) is 0 Å². The highest BCUT2D eigenvalue weighted by Crippen LogP contribution is 2.41. The molecule has 1 unspecified atom stereocenters. The lowest BCUT2D eigenvalue weighted by molar-refractivity contribution is -0.164. The minimum Gasteiger partial charge on any atom is -0.363 e. The lowest BCUT2D eigenvalue weighted by atomic mass is 9.80. The Labute approximate surface area is 85.3 Å². The van der Waals surface area contributed by atoms with Gasteiger partial charge in [0.2, 0.25) is 0 Å². The number of ether oxygens (including phenoxy) is 1. The van der Waals surface area contributed by atoms with Crippen LogP contribution in [0.5, 0.6) is 0 Å². The van der Waals surface area contributed by atoms with Crippen molar-refractivity contribution in [2.75, 3.05) is 0 Å². The van der Waals surface area contributed by atoms with Gasteiger partial charge in [-0.2, -0.15) is 0 Å². The van der Waals surface area contributed by atoms with Gasteiger partial charge in [0.1, 0.15) is 5.60 Å². The minimum absolute atomic E-state index is 0.191. The summed E-state index contributed by atoms with van der Waals surface area (Å²) in [7, 11) is 0. The molecule has 78 valence electrons. The second-order valence-electron chi connectivity index (χ2n) is 4.45. The molecule has 1 heterocycles. The Balaban J connectivity index is 2.23. The van der Waals surface area contributed by atoms with Crippen LogP contribution in [0.25, 0.3) is 0 Å². The largest absolute Gasteiger partial charge is 0.363 e. The zero-order chi connectivity index (χ0) is 10.2. The first-order chi connectivity index (χ1) is 6.69. The van der Waals surface area contributed by atoms with E-state index in [2.05, 4.69) is 13.8 Å². The van der Waals surface area contributed by atoms with Crippen molar-refractivity contribution in [1.29, 1.82) is 0 Å². The molecule has 0 aromatic carbocycles. The van der Waals surface area contributed by atoms with Gasteiger partial charge < -0.3 is 4.74 Å². The molecular weight excluding hydrogens is 176 g/mol. The number of ketones is 1. The number of carbonyl (C=O) groups excluding carboxylic acids is 1. The summed E-state index contributed by atoms with van der Waals surface area (Å²) in [5, 5.41) is 0. The topological polar surface area (TPSA) is 26.3 Å². The molecule has 1 aliphatic heterocycles. The van der Waals surface area contributed by atoms with Crippen LogP contribution in [-0.4, -0.2) is 17.5 Å². The Morgan fingerprint density at radius 2 is 2.43 bits per heavy atom. The smallest absolute Gasteiger partial charge is 0.187 e. The van der Waals surface area contributed by atoms with E-state index in [1.165, 1.54) is 0 Å². The summed E-state index contributed by atoms with van der Waals surface area (Å²) in [5.41, 5.74) is -0.480. The third kappa shape index (κ3) is 1.33. The van der Waals surface area contributed by atoms with E-state index in [4.69, 9.17) is 4.74 Å². The van der Waals surface area contributed by atoms with E-state index in [0.29, 0.717) is 5.92 Å². The highest BCUT2D eigenvalue weighted by Gasteiger charge is 2.49. The lowest BCUT2D eigenvalue weighted by Crippen LogP contribution is -2.48. The molecule has 2 nitrogen and oxygen atoms in total. The van der Waals surface area contributed by atoms with Crippen molar-refractivity contribution >= 4 is 5.78 Å². The maximum Gasteiger partial charge on any atom is 0.187 e. The van der Waals surface area contributed by atoms with Crippen molar-refractivity contribution in [3.05, 3.63) is 12.2 Å².